The Labute approximate surface area is 120 Å². The summed E-state index contributed by atoms with van der Waals surface area (Å²) in [6.45, 7) is 0.280. The van der Waals surface area contributed by atoms with Crippen molar-refractivity contribution >= 4 is 37.4 Å². The highest BCUT2D eigenvalue weighted by Gasteiger charge is 2.28. The number of carbonyl (C=O) groups excluding carboxylic acids is 1. The fourth-order valence-electron chi connectivity index (χ4n) is 1.78. The predicted octanol–water partition coefficient (Wildman–Crippen LogP) is 0.925. The van der Waals surface area contributed by atoms with Gasteiger partial charge in [0, 0.05) is 23.2 Å². The number of sulfonamides is 1. The van der Waals surface area contributed by atoms with E-state index < -0.39 is 16.0 Å². The first-order chi connectivity index (χ1) is 9.51. The molecule has 0 unspecified atom stereocenters. The molecule has 3 N–H and O–H groups in total. The molecule has 0 spiro atoms. The summed E-state index contributed by atoms with van der Waals surface area (Å²) in [4.78, 5) is 11.8. The third-order valence-electron chi connectivity index (χ3n) is 2.63. The van der Waals surface area contributed by atoms with Crippen molar-refractivity contribution in [2.45, 2.75) is 4.90 Å². The van der Waals surface area contributed by atoms with Crippen LogP contribution in [0.3, 0.4) is 0 Å². The number of rotatable bonds is 5. The van der Waals surface area contributed by atoms with Crippen molar-refractivity contribution < 1.29 is 17.9 Å². The van der Waals surface area contributed by atoms with Crippen LogP contribution >= 0.6 is 11.3 Å². The van der Waals surface area contributed by atoms with E-state index in [0.29, 0.717) is 10.1 Å². The lowest BCUT2D eigenvalue weighted by Gasteiger charge is -2.06. The molecule has 0 radical (unpaired) electrons. The van der Waals surface area contributed by atoms with Crippen LogP contribution in [0, 0.1) is 0 Å². The lowest BCUT2D eigenvalue weighted by Crippen LogP contribution is -2.30. The summed E-state index contributed by atoms with van der Waals surface area (Å²) in [7, 11) is -2.59. The molecule has 6 nitrogen and oxygen atoms in total. The maximum absolute atomic E-state index is 12.3. The summed E-state index contributed by atoms with van der Waals surface area (Å²) in [5.74, 6) is -0.667. The number of methoxy groups -OCH3 is 1. The van der Waals surface area contributed by atoms with E-state index in [0.717, 1.165) is 11.3 Å². The first-order valence-corrected chi connectivity index (χ1v) is 8.11. The van der Waals surface area contributed by atoms with Crippen molar-refractivity contribution in [1.82, 2.24) is 4.72 Å². The third kappa shape index (κ3) is 2.68. The molecule has 0 aliphatic carbocycles. The van der Waals surface area contributed by atoms with E-state index in [2.05, 4.69) is 9.46 Å². The fraction of sp³-hybridized carbons (Fsp3) is 0.250. The van der Waals surface area contributed by atoms with Crippen molar-refractivity contribution in [2.24, 2.45) is 5.73 Å². The highest BCUT2D eigenvalue weighted by molar-refractivity contribution is 7.90. The molecule has 0 saturated carbocycles. The number of benzene rings is 1. The van der Waals surface area contributed by atoms with Gasteiger partial charge in [0.05, 0.1) is 7.11 Å². The molecule has 0 saturated heterocycles. The zero-order valence-corrected chi connectivity index (χ0v) is 12.4. The molecule has 0 aliphatic heterocycles. The van der Waals surface area contributed by atoms with Crippen LogP contribution in [0.1, 0.15) is 9.67 Å². The number of esters is 1. The molecule has 1 aromatic heterocycles. The summed E-state index contributed by atoms with van der Waals surface area (Å²) in [5.41, 5.74) is 5.31. The molecule has 0 bridgehead atoms. The van der Waals surface area contributed by atoms with Crippen LogP contribution in [-0.2, 0) is 14.8 Å². The summed E-state index contributed by atoms with van der Waals surface area (Å²) in [5, 5.41) is 0.502. The van der Waals surface area contributed by atoms with Crippen LogP contribution in [0.25, 0.3) is 10.1 Å². The number of carbonyl (C=O) groups is 1. The SMILES string of the molecule is COC(=O)c1sc2ccccc2c1S(=O)(=O)NCCN. The highest BCUT2D eigenvalue weighted by atomic mass is 32.2. The van der Waals surface area contributed by atoms with Crippen LogP contribution in [0.4, 0.5) is 0 Å². The number of hydrogen-bond acceptors (Lipinski definition) is 6. The van der Waals surface area contributed by atoms with Crippen molar-refractivity contribution in [3.8, 4) is 0 Å². The van der Waals surface area contributed by atoms with Gasteiger partial charge in [-0.05, 0) is 6.07 Å². The molecule has 8 heteroatoms. The van der Waals surface area contributed by atoms with Gasteiger partial charge in [0.15, 0.2) is 0 Å². The van der Waals surface area contributed by atoms with E-state index in [1.807, 2.05) is 0 Å². The van der Waals surface area contributed by atoms with Crippen LogP contribution in [-0.4, -0.2) is 34.6 Å². The van der Waals surface area contributed by atoms with E-state index in [4.69, 9.17) is 5.73 Å². The standard InChI is InChI=1S/C12H14N2O4S2/c1-18-12(15)10-11(20(16,17)14-7-6-13)8-4-2-3-5-9(8)19-10/h2-5,14H,6-7,13H2,1H3. The van der Waals surface area contributed by atoms with E-state index in [1.54, 1.807) is 24.3 Å². The molecule has 0 fully saturated rings. The summed E-state index contributed by atoms with van der Waals surface area (Å²) >= 11 is 1.09. The smallest absolute Gasteiger partial charge is 0.349 e. The molecular weight excluding hydrogens is 300 g/mol. The Balaban J connectivity index is 2.68. The second kappa shape index (κ2) is 5.88. The predicted molar refractivity (Wildman–Crippen MR) is 77.4 cm³/mol. The third-order valence-corrected chi connectivity index (χ3v) is 5.45. The van der Waals surface area contributed by atoms with Gasteiger partial charge in [-0.25, -0.2) is 17.9 Å². The van der Waals surface area contributed by atoms with Gasteiger partial charge in [0.25, 0.3) is 0 Å². The minimum absolute atomic E-state index is 0.0431. The van der Waals surface area contributed by atoms with Gasteiger partial charge in [0.1, 0.15) is 9.77 Å². The molecule has 1 aromatic carbocycles. The van der Waals surface area contributed by atoms with Gasteiger partial charge >= 0.3 is 5.97 Å². The monoisotopic (exact) mass is 314 g/mol. The molecule has 1 heterocycles. The highest BCUT2D eigenvalue weighted by Crippen LogP contribution is 2.34. The second-order valence-corrected chi connectivity index (χ2v) is 6.69. The van der Waals surface area contributed by atoms with Crippen LogP contribution in [0.15, 0.2) is 29.2 Å². The van der Waals surface area contributed by atoms with E-state index >= 15 is 0 Å². The zero-order chi connectivity index (χ0) is 14.8. The second-order valence-electron chi connectivity index (χ2n) is 3.93. The molecule has 0 aliphatic rings. The lowest BCUT2D eigenvalue weighted by molar-refractivity contribution is 0.0602. The fourth-order valence-corrected chi connectivity index (χ4v) is 4.64. The first-order valence-electron chi connectivity index (χ1n) is 5.81. The average molecular weight is 314 g/mol. The molecule has 0 atom stereocenters. The average Bonchev–Trinajstić information content (AvgIpc) is 2.84. The molecular formula is C12H14N2O4S2. The van der Waals surface area contributed by atoms with Gasteiger partial charge in [-0.3, -0.25) is 0 Å². The van der Waals surface area contributed by atoms with Gasteiger partial charge in [-0.15, -0.1) is 11.3 Å². The molecule has 2 rings (SSSR count). The summed E-state index contributed by atoms with van der Waals surface area (Å²) in [6.07, 6.45) is 0. The number of hydrogen-bond donors (Lipinski definition) is 2. The number of nitrogens with one attached hydrogen (secondary N) is 1. The van der Waals surface area contributed by atoms with E-state index in [9.17, 15) is 13.2 Å². The van der Waals surface area contributed by atoms with Gasteiger partial charge < -0.3 is 10.5 Å². The van der Waals surface area contributed by atoms with Crippen molar-refractivity contribution in [2.75, 3.05) is 20.2 Å². The Morgan fingerprint density at radius 2 is 2.10 bits per heavy atom. The Bertz CT molecular complexity index is 737. The van der Waals surface area contributed by atoms with E-state index in [1.165, 1.54) is 7.11 Å². The van der Waals surface area contributed by atoms with Gasteiger partial charge in [-0.2, -0.15) is 0 Å². The molecule has 2 aromatic rings. The lowest BCUT2D eigenvalue weighted by atomic mass is 10.2. The Hall–Kier alpha value is -1.48. The molecule has 108 valence electrons. The minimum Gasteiger partial charge on any atom is -0.465 e. The van der Waals surface area contributed by atoms with E-state index in [-0.39, 0.29) is 22.9 Å². The van der Waals surface area contributed by atoms with Crippen molar-refractivity contribution in [1.29, 1.82) is 0 Å². The maximum Gasteiger partial charge on any atom is 0.349 e. The minimum atomic E-state index is -3.81. The Kier molecular flexibility index (Phi) is 4.39. The number of thiophene rings is 1. The number of ether oxygens (including phenoxy) is 1. The topological polar surface area (TPSA) is 98.5 Å². The Morgan fingerprint density at radius 1 is 1.40 bits per heavy atom. The van der Waals surface area contributed by atoms with Crippen LogP contribution in [0.5, 0.6) is 0 Å². The molecule has 20 heavy (non-hydrogen) atoms. The first kappa shape index (κ1) is 14.9. The Morgan fingerprint density at radius 3 is 2.75 bits per heavy atom. The summed E-state index contributed by atoms with van der Waals surface area (Å²) in [6, 6.07) is 6.92. The maximum atomic E-state index is 12.3. The normalized spacial score (nSPS) is 11.7. The molecule has 0 amide bonds. The van der Waals surface area contributed by atoms with Gasteiger partial charge in [-0.1, -0.05) is 18.2 Å². The quantitative estimate of drug-likeness (QED) is 0.800. The van der Waals surface area contributed by atoms with Crippen LogP contribution < -0.4 is 10.5 Å². The van der Waals surface area contributed by atoms with Crippen molar-refractivity contribution in [3.63, 3.8) is 0 Å². The van der Waals surface area contributed by atoms with Crippen LogP contribution in [0.2, 0.25) is 0 Å². The zero-order valence-electron chi connectivity index (χ0n) is 10.8. The van der Waals surface area contributed by atoms with Gasteiger partial charge in [0.2, 0.25) is 10.0 Å². The van der Waals surface area contributed by atoms with Crippen molar-refractivity contribution in [3.05, 3.63) is 29.1 Å². The number of nitrogens with two attached hydrogens (primary N) is 1. The largest absolute Gasteiger partial charge is 0.465 e. The number of fused-ring (bicyclic) bond motifs is 1. The summed E-state index contributed by atoms with van der Waals surface area (Å²) < 4.78 is 32.4.